The summed E-state index contributed by atoms with van der Waals surface area (Å²) >= 11 is 0. The Bertz CT molecular complexity index is 3160. The Kier molecular flexibility index (Phi) is 6.55. The van der Waals surface area contributed by atoms with Crippen LogP contribution in [0.1, 0.15) is 0 Å². The summed E-state index contributed by atoms with van der Waals surface area (Å²) in [5.74, 6) is 0. The lowest BCUT2D eigenvalue weighted by Crippen LogP contribution is -2.10. The lowest BCUT2D eigenvalue weighted by molar-refractivity contribution is 0.672. The molecular weight excluding hydrogens is 645 g/mol. The first-order chi connectivity index (χ1) is 26.3. The number of hydrogen-bond donors (Lipinski definition) is 0. The van der Waals surface area contributed by atoms with Gasteiger partial charge < -0.3 is 13.9 Å². The minimum atomic E-state index is 0.883. The summed E-state index contributed by atoms with van der Waals surface area (Å²) in [6.45, 7) is 0. The van der Waals surface area contributed by atoms with E-state index in [-0.39, 0.29) is 0 Å². The van der Waals surface area contributed by atoms with Gasteiger partial charge in [0.15, 0.2) is 0 Å². The van der Waals surface area contributed by atoms with Crippen LogP contribution in [0.3, 0.4) is 0 Å². The van der Waals surface area contributed by atoms with Crippen molar-refractivity contribution in [1.29, 1.82) is 0 Å². The molecule has 0 amide bonds. The van der Waals surface area contributed by atoms with E-state index in [1.54, 1.807) is 0 Å². The number of para-hydroxylation sites is 1. The van der Waals surface area contributed by atoms with E-state index in [0.717, 1.165) is 55.6 Å². The number of hydrogen-bond acceptors (Lipinski definition) is 2. The van der Waals surface area contributed by atoms with Crippen LogP contribution < -0.4 is 4.90 Å². The summed E-state index contributed by atoms with van der Waals surface area (Å²) in [4.78, 5) is 2.40. The predicted octanol–water partition coefficient (Wildman–Crippen LogP) is 14.1. The van der Waals surface area contributed by atoms with E-state index in [2.05, 4.69) is 204 Å². The zero-order valence-electron chi connectivity index (χ0n) is 28.8. The van der Waals surface area contributed by atoms with Gasteiger partial charge in [-0.25, -0.2) is 0 Å². The molecular formula is C50H32N2O. The number of nitrogens with zero attached hydrogens (tertiary/aromatic N) is 2. The Morgan fingerprint density at radius 1 is 0.396 bits per heavy atom. The number of furan rings is 1. The smallest absolute Gasteiger partial charge is 0.143 e. The van der Waals surface area contributed by atoms with Crippen molar-refractivity contribution >= 4 is 82.4 Å². The fourth-order valence-electron chi connectivity index (χ4n) is 8.27. The molecule has 11 rings (SSSR count). The fraction of sp³-hybridized carbons (Fsp3) is 0. The molecule has 0 bridgehead atoms. The van der Waals surface area contributed by atoms with E-state index >= 15 is 0 Å². The van der Waals surface area contributed by atoms with E-state index in [0.29, 0.717) is 0 Å². The molecule has 0 saturated heterocycles. The lowest BCUT2D eigenvalue weighted by atomic mass is 10.0. The molecule has 2 heterocycles. The molecule has 11 aromatic rings. The highest BCUT2D eigenvalue weighted by atomic mass is 16.3. The van der Waals surface area contributed by atoms with Crippen LogP contribution in [-0.2, 0) is 0 Å². The maximum atomic E-state index is 6.55. The highest BCUT2D eigenvalue weighted by Gasteiger charge is 2.22. The Hall–Kier alpha value is -7.10. The second-order valence-electron chi connectivity index (χ2n) is 13.8. The Morgan fingerprint density at radius 2 is 1.09 bits per heavy atom. The molecule has 0 N–H and O–H groups in total. The first kappa shape index (κ1) is 29.6. The molecule has 0 saturated carbocycles. The van der Waals surface area contributed by atoms with Crippen molar-refractivity contribution in [3.05, 3.63) is 194 Å². The van der Waals surface area contributed by atoms with Crippen LogP contribution in [0.4, 0.5) is 17.1 Å². The zero-order chi connectivity index (χ0) is 34.9. The summed E-state index contributed by atoms with van der Waals surface area (Å²) in [5, 5.41) is 9.38. The largest absolute Gasteiger partial charge is 0.455 e. The number of anilines is 3. The maximum absolute atomic E-state index is 6.55. The Labute approximate surface area is 306 Å². The van der Waals surface area contributed by atoms with Crippen LogP contribution in [0.25, 0.3) is 82.1 Å². The van der Waals surface area contributed by atoms with Crippen LogP contribution in [0.2, 0.25) is 0 Å². The Balaban J connectivity index is 1.18. The molecule has 0 spiro atoms. The van der Waals surface area contributed by atoms with Gasteiger partial charge in [0.2, 0.25) is 0 Å². The topological polar surface area (TPSA) is 21.3 Å². The van der Waals surface area contributed by atoms with Gasteiger partial charge in [-0.05, 0) is 100 Å². The average molecular weight is 677 g/mol. The molecule has 0 radical (unpaired) electrons. The summed E-state index contributed by atoms with van der Waals surface area (Å²) in [6, 6.07) is 69.8. The molecule has 0 fully saturated rings. The molecule has 0 aliphatic carbocycles. The van der Waals surface area contributed by atoms with Gasteiger partial charge in [0, 0.05) is 44.0 Å². The SMILES string of the molecule is c1ccc(-c2ccc(-n3c4cc5ccccc5cc4c4c(N(c5ccccc5)c5ccc6oc7c8ccccc8ccc7c6c5)cccc43)cc2)cc1. The molecule has 3 heteroatoms. The summed E-state index contributed by atoms with van der Waals surface area (Å²) in [5.41, 5.74) is 11.0. The van der Waals surface area contributed by atoms with Gasteiger partial charge in [0.25, 0.3) is 0 Å². The third-order valence-corrected chi connectivity index (χ3v) is 10.7. The van der Waals surface area contributed by atoms with E-state index in [9.17, 15) is 0 Å². The first-order valence-electron chi connectivity index (χ1n) is 18.1. The van der Waals surface area contributed by atoms with E-state index in [1.165, 1.54) is 43.6 Å². The maximum Gasteiger partial charge on any atom is 0.143 e. The van der Waals surface area contributed by atoms with Crippen LogP contribution in [0, 0.1) is 0 Å². The molecule has 0 unspecified atom stereocenters. The standard InChI is InChI=1S/C50H32N2O/c1-3-12-33(13-4-1)34-22-25-39(26-23-34)52-46-21-11-20-45(49(46)44-30-36-15-7-8-16-37(36)31-47(44)52)51(38-17-5-2-6-18-38)40-27-29-48-43(32-40)42-28-24-35-14-9-10-19-41(35)50(42)53-48/h1-32H. The van der Waals surface area contributed by atoms with Crippen molar-refractivity contribution < 1.29 is 4.42 Å². The molecule has 3 nitrogen and oxygen atoms in total. The minimum absolute atomic E-state index is 0.883. The van der Waals surface area contributed by atoms with Crippen molar-refractivity contribution in [3.8, 4) is 16.8 Å². The third-order valence-electron chi connectivity index (χ3n) is 10.7. The number of fused-ring (bicyclic) bond motifs is 9. The minimum Gasteiger partial charge on any atom is -0.455 e. The van der Waals surface area contributed by atoms with Gasteiger partial charge in [-0.1, -0.05) is 121 Å². The zero-order valence-corrected chi connectivity index (χ0v) is 28.8. The van der Waals surface area contributed by atoms with Crippen LogP contribution >= 0.6 is 0 Å². The van der Waals surface area contributed by atoms with Gasteiger partial charge in [-0.15, -0.1) is 0 Å². The van der Waals surface area contributed by atoms with Gasteiger partial charge in [0.1, 0.15) is 11.2 Å². The molecule has 248 valence electrons. The Morgan fingerprint density at radius 3 is 1.91 bits per heavy atom. The number of rotatable bonds is 5. The van der Waals surface area contributed by atoms with Gasteiger partial charge >= 0.3 is 0 Å². The van der Waals surface area contributed by atoms with Crippen molar-refractivity contribution in [2.75, 3.05) is 4.90 Å². The highest BCUT2D eigenvalue weighted by molar-refractivity contribution is 6.20. The van der Waals surface area contributed by atoms with Crippen LogP contribution in [-0.4, -0.2) is 4.57 Å². The highest BCUT2D eigenvalue weighted by Crippen LogP contribution is 2.46. The quantitative estimate of drug-likeness (QED) is 0.181. The first-order valence-corrected chi connectivity index (χ1v) is 18.1. The second-order valence-corrected chi connectivity index (χ2v) is 13.8. The van der Waals surface area contributed by atoms with Gasteiger partial charge in [0.05, 0.1) is 16.7 Å². The molecule has 0 atom stereocenters. The van der Waals surface area contributed by atoms with E-state index < -0.39 is 0 Å². The number of benzene rings is 9. The summed E-state index contributed by atoms with van der Waals surface area (Å²) in [6.07, 6.45) is 0. The van der Waals surface area contributed by atoms with Crippen molar-refractivity contribution in [2.24, 2.45) is 0 Å². The molecule has 0 aliphatic rings. The fourth-order valence-corrected chi connectivity index (χ4v) is 8.27. The molecule has 53 heavy (non-hydrogen) atoms. The van der Waals surface area contributed by atoms with Crippen molar-refractivity contribution in [2.45, 2.75) is 0 Å². The normalized spacial score (nSPS) is 11.8. The van der Waals surface area contributed by atoms with E-state index in [4.69, 9.17) is 4.42 Å². The van der Waals surface area contributed by atoms with Crippen molar-refractivity contribution in [1.82, 2.24) is 4.57 Å². The predicted molar refractivity (Wildman–Crippen MR) is 223 cm³/mol. The van der Waals surface area contributed by atoms with Crippen LogP contribution in [0.5, 0.6) is 0 Å². The average Bonchev–Trinajstić information content (AvgIpc) is 3.76. The van der Waals surface area contributed by atoms with Crippen LogP contribution in [0.15, 0.2) is 199 Å². The second kappa shape index (κ2) is 11.7. The summed E-state index contributed by atoms with van der Waals surface area (Å²) < 4.78 is 8.97. The molecule has 2 aromatic heterocycles. The summed E-state index contributed by atoms with van der Waals surface area (Å²) in [7, 11) is 0. The third kappa shape index (κ3) is 4.68. The van der Waals surface area contributed by atoms with Gasteiger partial charge in [-0.3, -0.25) is 0 Å². The van der Waals surface area contributed by atoms with E-state index in [1.807, 2.05) is 0 Å². The lowest BCUT2D eigenvalue weighted by Gasteiger charge is -2.26. The van der Waals surface area contributed by atoms with Gasteiger partial charge in [-0.2, -0.15) is 0 Å². The molecule has 9 aromatic carbocycles. The monoisotopic (exact) mass is 676 g/mol. The number of aromatic nitrogens is 1. The van der Waals surface area contributed by atoms with Crippen molar-refractivity contribution in [3.63, 3.8) is 0 Å². The molecule has 0 aliphatic heterocycles.